The molecule has 30 heavy (non-hydrogen) atoms. The van der Waals surface area contributed by atoms with Crippen molar-refractivity contribution in [2.24, 2.45) is 0 Å². The van der Waals surface area contributed by atoms with Gasteiger partial charge in [0, 0.05) is 11.1 Å². The van der Waals surface area contributed by atoms with Crippen LogP contribution in [0.2, 0.25) is 4.34 Å². The Labute approximate surface area is 225 Å². The van der Waals surface area contributed by atoms with Gasteiger partial charge in [0.25, 0.3) is 5.56 Å². The van der Waals surface area contributed by atoms with Gasteiger partial charge in [-0.25, -0.2) is 0 Å². The molecule has 1 aliphatic carbocycles. The van der Waals surface area contributed by atoms with E-state index >= 15 is 0 Å². The van der Waals surface area contributed by atoms with Gasteiger partial charge in [-0.1, -0.05) is 54.1 Å². The summed E-state index contributed by atoms with van der Waals surface area (Å²) >= 11 is 7.74. The van der Waals surface area contributed by atoms with E-state index in [0.717, 1.165) is 36.8 Å². The number of aryl methyl sites for hydroxylation is 1. The van der Waals surface area contributed by atoms with Gasteiger partial charge in [-0.2, -0.15) is 0 Å². The van der Waals surface area contributed by atoms with Crippen LogP contribution in [0.4, 0.5) is 0 Å². The number of halogens is 1. The number of pyridine rings is 1. The molecule has 7 heteroatoms. The average molecular weight is 463 g/mol. The fraction of sp³-hybridized carbons (Fsp3) is 0.174. The second-order valence-corrected chi connectivity index (χ2v) is 8.93. The summed E-state index contributed by atoms with van der Waals surface area (Å²) in [6.07, 6.45) is 3.94. The first kappa shape index (κ1) is 22.1. The Morgan fingerprint density at radius 2 is 1.67 bits per heavy atom. The van der Waals surface area contributed by atoms with Gasteiger partial charge in [0.2, 0.25) is 0 Å². The molecule has 146 valence electrons. The number of hydrogen-bond acceptors (Lipinski definition) is 4. The SMILES string of the molecule is O=c1[nH]c2sc(Cl)c(-c3ccc4c(c3O)CCCC4)c2c(O)c1-c1ccccc1.[K+]. The van der Waals surface area contributed by atoms with E-state index in [4.69, 9.17) is 11.6 Å². The summed E-state index contributed by atoms with van der Waals surface area (Å²) < 4.78 is 0.419. The summed E-state index contributed by atoms with van der Waals surface area (Å²) in [7, 11) is 0. The molecule has 4 aromatic rings. The number of phenols is 1. The third-order valence-corrected chi connectivity index (χ3v) is 6.94. The fourth-order valence-electron chi connectivity index (χ4n) is 4.24. The van der Waals surface area contributed by atoms with Gasteiger partial charge in [0.15, 0.2) is 0 Å². The molecule has 0 atom stereocenters. The van der Waals surface area contributed by atoms with Crippen LogP contribution in [-0.4, -0.2) is 15.2 Å². The number of phenolic OH excluding ortho intramolecular Hbond substituents is 1. The maximum absolute atomic E-state index is 12.7. The number of aromatic amines is 1. The Morgan fingerprint density at radius 1 is 0.933 bits per heavy atom. The van der Waals surface area contributed by atoms with E-state index < -0.39 is 0 Å². The monoisotopic (exact) mass is 462 g/mol. The van der Waals surface area contributed by atoms with E-state index in [9.17, 15) is 15.0 Å². The quantitative estimate of drug-likeness (QED) is 0.401. The molecule has 0 unspecified atom stereocenters. The molecule has 0 amide bonds. The molecule has 0 saturated heterocycles. The summed E-state index contributed by atoms with van der Waals surface area (Å²) in [6, 6.07) is 12.9. The van der Waals surface area contributed by atoms with E-state index in [1.807, 2.05) is 30.3 Å². The van der Waals surface area contributed by atoms with Crippen molar-refractivity contribution in [2.45, 2.75) is 25.7 Å². The number of aromatic nitrogens is 1. The molecule has 3 N–H and O–H groups in total. The molecule has 0 fully saturated rings. The van der Waals surface area contributed by atoms with E-state index in [1.165, 1.54) is 11.3 Å². The summed E-state index contributed by atoms with van der Waals surface area (Å²) in [5, 5.41) is 22.6. The summed E-state index contributed by atoms with van der Waals surface area (Å²) in [5.74, 6) is 0.0980. The number of thiophene rings is 1. The zero-order valence-electron chi connectivity index (χ0n) is 16.5. The first-order valence-corrected chi connectivity index (χ1v) is 10.7. The van der Waals surface area contributed by atoms with Crippen LogP contribution in [0.1, 0.15) is 24.0 Å². The molecular weight excluding hydrogens is 445 g/mol. The summed E-state index contributed by atoms with van der Waals surface area (Å²) in [4.78, 5) is 16.0. The van der Waals surface area contributed by atoms with Crippen molar-refractivity contribution >= 4 is 33.2 Å². The minimum Gasteiger partial charge on any atom is -0.507 e. The third-order valence-electron chi connectivity index (χ3n) is 5.63. The van der Waals surface area contributed by atoms with Crippen molar-refractivity contribution in [1.29, 1.82) is 0 Å². The second-order valence-electron chi connectivity index (χ2n) is 7.31. The molecule has 2 aromatic heterocycles. The minimum absolute atomic E-state index is 0. The van der Waals surface area contributed by atoms with Crippen molar-refractivity contribution in [2.75, 3.05) is 0 Å². The van der Waals surface area contributed by atoms with Crippen molar-refractivity contribution < 1.29 is 61.6 Å². The molecule has 0 bridgehead atoms. The van der Waals surface area contributed by atoms with Gasteiger partial charge in [0.1, 0.15) is 20.7 Å². The Bertz CT molecular complexity index is 1310. The van der Waals surface area contributed by atoms with Crippen LogP contribution < -0.4 is 56.9 Å². The van der Waals surface area contributed by atoms with Gasteiger partial charge in [-0.3, -0.25) is 4.79 Å². The van der Waals surface area contributed by atoms with Crippen molar-refractivity contribution in [1.82, 2.24) is 4.98 Å². The first-order valence-electron chi connectivity index (χ1n) is 9.53. The molecule has 0 spiro atoms. The predicted molar refractivity (Wildman–Crippen MR) is 118 cm³/mol. The maximum Gasteiger partial charge on any atom is 1.00 e. The maximum atomic E-state index is 12.7. The summed E-state index contributed by atoms with van der Waals surface area (Å²) in [5.41, 5.74) is 3.71. The Hall–Kier alpha value is -1.12. The van der Waals surface area contributed by atoms with Crippen LogP contribution in [0.15, 0.2) is 47.3 Å². The zero-order chi connectivity index (χ0) is 20.1. The van der Waals surface area contributed by atoms with Crippen LogP contribution in [0.25, 0.3) is 32.5 Å². The minimum atomic E-state index is -0.375. The average Bonchev–Trinajstić information content (AvgIpc) is 3.05. The number of aromatic hydroxyl groups is 2. The van der Waals surface area contributed by atoms with Gasteiger partial charge >= 0.3 is 51.4 Å². The van der Waals surface area contributed by atoms with E-state index in [-0.39, 0.29) is 74.0 Å². The van der Waals surface area contributed by atoms with Crippen LogP contribution in [-0.2, 0) is 12.8 Å². The number of hydrogen-bond donors (Lipinski definition) is 3. The molecule has 5 rings (SSSR count). The van der Waals surface area contributed by atoms with Crippen molar-refractivity contribution in [3.05, 3.63) is 68.3 Å². The third kappa shape index (κ3) is 3.58. The van der Waals surface area contributed by atoms with E-state index in [1.54, 1.807) is 12.1 Å². The number of fused-ring (bicyclic) bond motifs is 2. The van der Waals surface area contributed by atoms with Gasteiger partial charge in [-0.05, 0) is 42.4 Å². The van der Waals surface area contributed by atoms with E-state index in [2.05, 4.69) is 4.98 Å². The van der Waals surface area contributed by atoms with Crippen LogP contribution in [0.3, 0.4) is 0 Å². The zero-order valence-corrected chi connectivity index (χ0v) is 21.2. The van der Waals surface area contributed by atoms with Gasteiger partial charge in [-0.15, -0.1) is 11.3 Å². The molecule has 4 nitrogen and oxygen atoms in total. The second kappa shape index (κ2) is 8.78. The molecular formula is C23H18ClKNO3S+. The predicted octanol–water partition coefficient (Wildman–Crippen LogP) is 2.87. The van der Waals surface area contributed by atoms with Crippen LogP contribution in [0, 0.1) is 0 Å². The van der Waals surface area contributed by atoms with Crippen LogP contribution in [0.5, 0.6) is 11.5 Å². The van der Waals surface area contributed by atoms with Gasteiger partial charge < -0.3 is 15.2 Å². The molecule has 2 aromatic carbocycles. The van der Waals surface area contributed by atoms with Crippen molar-refractivity contribution in [3.8, 4) is 33.8 Å². The standard InChI is InChI=1S/C23H18ClNO3S.K/c24-21-17(15-11-10-12-6-4-5-9-14(12)19(15)26)18-20(27)16(13-7-2-1-3-8-13)22(28)25-23(18)29-21;/h1-3,7-8,10-11,26H,4-6,9H2,(H2,25,27,28);/q;+1. The molecule has 2 heterocycles. The number of nitrogens with one attached hydrogen (secondary N) is 1. The topological polar surface area (TPSA) is 73.3 Å². The number of benzene rings is 2. The molecule has 0 radical (unpaired) electrons. The van der Waals surface area contributed by atoms with E-state index in [0.29, 0.717) is 31.2 Å². The largest absolute Gasteiger partial charge is 1.00 e. The van der Waals surface area contributed by atoms with Gasteiger partial charge in [0.05, 0.1) is 10.9 Å². The molecule has 0 aliphatic heterocycles. The molecule has 1 aliphatic rings. The van der Waals surface area contributed by atoms with Crippen LogP contribution >= 0.6 is 22.9 Å². The van der Waals surface area contributed by atoms with Crippen molar-refractivity contribution in [3.63, 3.8) is 0 Å². The number of H-pyrrole nitrogens is 1. The number of rotatable bonds is 2. The fourth-order valence-corrected chi connectivity index (χ4v) is 5.60. The smallest absolute Gasteiger partial charge is 0.507 e. The first-order chi connectivity index (χ1) is 14.1. The Kier molecular flexibility index (Phi) is 6.47. The Morgan fingerprint density at radius 3 is 2.43 bits per heavy atom. The Balaban J connectivity index is 0.00000218. The summed E-state index contributed by atoms with van der Waals surface area (Å²) in [6.45, 7) is 0. The molecule has 0 saturated carbocycles. The normalized spacial score (nSPS) is 13.1.